The van der Waals surface area contributed by atoms with Crippen molar-refractivity contribution in [1.82, 2.24) is 19.7 Å². The zero-order valence-corrected chi connectivity index (χ0v) is 16.4. The van der Waals surface area contributed by atoms with Gasteiger partial charge in [0.2, 0.25) is 5.91 Å². The van der Waals surface area contributed by atoms with Gasteiger partial charge in [0.1, 0.15) is 17.7 Å². The number of piperazine rings is 1. The normalized spacial score (nSPS) is 21.0. The van der Waals surface area contributed by atoms with E-state index in [1.165, 1.54) is 0 Å². The van der Waals surface area contributed by atoms with Crippen molar-refractivity contribution in [2.75, 3.05) is 42.5 Å². The summed E-state index contributed by atoms with van der Waals surface area (Å²) in [7, 11) is 1.89. The minimum Gasteiger partial charge on any atom is -0.354 e. The minimum atomic E-state index is -0.0694. The Bertz CT molecular complexity index is 890. The molecular formula is C20H25N7O. The van der Waals surface area contributed by atoms with Gasteiger partial charge < -0.3 is 4.90 Å². The van der Waals surface area contributed by atoms with Gasteiger partial charge in [-0.25, -0.2) is 4.98 Å². The lowest BCUT2D eigenvalue weighted by Crippen LogP contribution is -2.58. The van der Waals surface area contributed by atoms with Gasteiger partial charge >= 0.3 is 0 Å². The predicted molar refractivity (Wildman–Crippen MR) is 106 cm³/mol. The highest BCUT2D eigenvalue weighted by Crippen LogP contribution is 2.25. The summed E-state index contributed by atoms with van der Waals surface area (Å²) in [5.74, 6) is 1.95. The second-order valence-electron chi connectivity index (χ2n) is 7.46. The fourth-order valence-corrected chi connectivity index (χ4v) is 4.17. The van der Waals surface area contributed by atoms with Crippen LogP contribution in [0.4, 0.5) is 11.6 Å². The van der Waals surface area contributed by atoms with Crippen molar-refractivity contribution in [2.24, 2.45) is 7.05 Å². The zero-order chi connectivity index (χ0) is 19.7. The van der Waals surface area contributed by atoms with Crippen LogP contribution >= 0.6 is 0 Å². The van der Waals surface area contributed by atoms with Crippen molar-refractivity contribution in [3.05, 3.63) is 35.7 Å². The second kappa shape index (κ2) is 7.60. The lowest BCUT2D eigenvalue weighted by atomic mass is 10.0. The molecule has 4 rings (SSSR count). The number of piperidine rings is 1. The molecule has 146 valence electrons. The number of amides is 1. The molecule has 0 saturated carbocycles. The number of hydrogen-bond acceptors (Lipinski definition) is 6. The molecule has 8 heteroatoms. The Morgan fingerprint density at radius 3 is 2.57 bits per heavy atom. The topological polar surface area (TPSA) is 81.3 Å². The molecule has 2 aromatic heterocycles. The molecule has 2 aliphatic rings. The summed E-state index contributed by atoms with van der Waals surface area (Å²) in [6.07, 6.45) is 3.51. The summed E-state index contributed by atoms with van der Waals surface area (Å²) in [5, 5.41) is 13.3. The van der Waals surface area contributed by atoms with Crippen molar-refractivity contribution in [1.29, 1.82) is 5.26 Å². The number of carbonyl (C=O) groups excluding carboxylic acids is 1. The first-order chi connectivity index (χ1) is 13.6. The van der Waals surface area contributed by atoms with E-state index in [1.807, 2.05) is 31.0 Å². The van der Waals surface area contributed by atoms with E-state index in [4.69, 9.17) is 5.26 Å². The summed E-state index contributed by atoms with van der Waals surface area (Å²) in [4.78, 5) is 24.0. The summed E-state index contributed by atoms with van der Waals surface area (Å²) >= 11 is 0. The van der Waals surface area contributed by atoms with Gasteiger partial charge in [0.25, 0.3) is 0 Å². The lowest BCUT2D eigenvalue weighted by molar-refractivity contribution is -0.125. The average Bonchev–Trinajstić information content (AvgIpc) is 3.06. The maximum absolute atomic E-state index is 13.2. The van der Waals surface area contributed by atoms with E-state index in [0.29, 0.717) is 5.56 Å². The van der Waals surface area contributed by atoms with Gasteiger partial charge in [-0.15, -0.1) is 0 Å². The monoisotopic (exact) mass is 379 g/mol. The van der Waals surface area contributed by atoms with Crippen LogP contribution in [-0.4, -0.2) is 64.3 Å². The molecule has 8 nitrogen and oxygen atoms in total. The third-order valence-electron chi connectivity index (χ3n) is 5.62. The molecule has 2 saturated heterocycles. The third-order valence-corrected chi connectivity index (χ3v) is 5.62. The summed E-state index contributed by atoms with van der Waals surface area (Å²) in [6, 6.07) is 7.70. The molecular weight excluding hydrogens is 354 g/mol. The van der Waals surface area contributed by atoms with Gasteiger partial charge in [-0.05, 0) is 31.9 Å². The summed E-state index contributed by atoms with van der Waals surface area (Å²) in [5.41, 5.74) is 1.50. The third kappa shape index (κ3) is 3.45. The Morgan fingerprint density at radius 2 is 1.96 bits per heavy atom. The highest BCUT2D eigenvalue weighted by Gasteiger charge is 2.36. The van der Waals surface area contributed by atoms with Gasteiger partial charge in [-0.1, -0.05) is 0 Å². The van der Waals surface area contributed by atoms with Gasteiger partial charge in [-0.2, -0.15) is 10.4 Å². The van der Waals surface area contributed by atoms with Crippen molar-refractivity contribution in [3.8, 4) is 6.07 Å². The largest absolute Gasteiger partial charge is 0.354 e. The molecule has 1 amide bonds. The second-order valence-corrected chi connectivity index (χ2v) is 7.46. The van der Waals surface area contributed by atoms with E-state index in [-0.39, 0.29) is 11.9 Å². The Balaban J connectivity index is 1.41. The summed E-state index contributed by atoms with van der Waals surface area (Å²) < 4.78 is 1.80. The number of pyridine rings is 1. The number of carbonyl (C=O) groups is 1. The van der Waals surface area contributed by atoms with Crippen LogP contribution in [0.1, 0.15) is 24.1 Å². The predicted octanol–water partition coefficient (Wildman–Crippen LogP) is 1.31. The highest BCUT2D eigenvalue weighted by atomic mass is 16.2. The van der Waals surface area contributed by atoms with Crippen LogP contribution in [0.25, 0.3) is 0 Å². The van der Waals surface area contributed by atoms with Crippen LogP contribution in [0.5, 0.6) is 0 Å². The van der Waals surface area contributed by atoms with Gasteiger partial charge in [0.15, 0.2) is 0 Å². The van der Waals surface area contributed by atoms with Crippen LogP contribution < -0.4 is 9.80 Å². The van der Waals surface area contributed by atoms with Gasteiger partial charge in [0, 0.05) is 52.0 Å². The lowest BCUT2D eigenvalue weighted by Gasteiger charge is -2.42. The fraction of sp³-hybridized carbons (Fsp3) is 0.500. The number of hydrogen-bond donors (Lipinski definition) is 0. The highest BCUT2D eigenvalue weighted by molar-refractivity contribution is 5.97. The van der Waals surface area contributed by atoms with Crippen molar-refractivity contribution >= 4 is 17.5 Å². The van der Waals surface area contributed by atoms with Crippen LogP contribution in [0.2, 0.25) is 0 Å². The Labute approximate surface area is 165 Å². The molecule has 4 heterocycles. The number of rotatable bonds is 3. The average molecular weight is 379 g/mol. The van der Waals surface area contributed by atoms with E-state index in [0.717, 1.165) is 62.9 Å². The van der Waals surface area contributed by atoms with Crippen LogP contribution in [-0.2, 0) is 11.8 Å². The SMILES string of the molecule is Cc1cc(N2CCCC(N3CCN(c4ccc(C#N)cn4)CC3)C2=O)n(C)n1. The molecule has 0 aliphatic carbocycles. The first kappa shape index (κ1) is 18.4. The molecule has 0 aromatic carbocycles. The Morgan fingerprint density at radius 1 is 1.18 bits per heavy atom. The standard InChI is InChI=1S/C20H25N7O/c1-15-12-19(24(2)23-15)27-7-3-4-17(20(27)28)25-8-10-26(11-9-25)18-6-5-16(13-21)14-22-18/h5-6,12,14,17H,3-4,7-11H2,1-2H3. The van der Waals surface area contributed by atoms with E-state index in [2.05, 4.69) is 26.0 Å². The van der Waals surface area contributed by atoms with Crippen LogP contribution in [0.15, 0.2) is 24.4 Å². The van der Waals surface area contributed by atoms with E-state index < -0.39 is 0 Å². The molecule has 1 atom stereocenters. The Kier molecular flexibility index (Phi) is 5.01. The van der Waals surface area contributed by atoms with Gasteiger partial charge in [-0.3, -0.25) is 19.3 Å². The molecule has 2 fully saturated rings. The van der Waals surface area contributed by atoms with Crippen LogP contribution in [0.3, 0.4) is 0 Å². The fourth-order valence-electron chi connectivity index (χ4n) is 4.17. The van der Waals surface area contributed by atoms with E-state index in [1.54, 1.807) is 16.9 Å². The van der Waals surface area contributed by atoms with Crippen molar-refractivity contribution in [2.45, 2.75) is 25.8 Å². The van der Waals surface area contributed by atoms with E-state index >= 15 is 0 Å². The first-order valence-corrected chi connectivity index (χ1v) is 9.74. The first-order valence-electron chi connectivity index (χ1n) is 9.74. The molecule has 0 N–H and O–H groups in total. The summed E-state index contributed by atoms with van der Waals surface area (Å²) in [6.45, 7) is 6.02. The smallest absolute Gasteiger partial charge is 0.245 e. The quantitative estimate of drug-likeness (QED) is 0.800. The number of nitriles is 1. The maximum Gasteiger partial charge on any atom is 0.245 e. The maximum atomic E-state index is 13.2. The molecule has 0 spiro atoms. The molecule has 28 heavy (non-hydrogen) atoms. The number of aromatic nitrogens is 3. The zero-order valence-electron chi connectivity index (χ0n) is 16.4. The van der Waals surface area contributed by atoms with Crippen molar-refractivity contribution < 1.29 is 4.79 Å². The van der Waals surface area contributed by atoms with Gasteiger partial charge in [0.05, 0.1) is 17.3 Å². The number of anilines is 2. The minimum absolute atomic E-state index is 0.0694. The number of nitrogens with zero attached hydrogens (tertiary/aromatic N) is 7. The van der Waals surface area contributed by atoms with Crippen LogP contribution in [0, 0.1) is 18.3 Å². The molecule has 2 aliphatic heterocycles. The van der Waals surface area contributed by atoms with Crippen molar-refractivity contribution in [3.63, 3.8) is 0 Å². The molecule has 0 radical (unpaired) electrons. The molecule has 0 bridgehead atoms. The molecule has 1 unspecified atom stereocenters. The Hall–Kier alpha value is -2.92. The number of aryl methyl sites for hydroxylation is 2. The van der Waals surface area contributed by atoms with E-state index in [9.17, 15) is 4.79 Å². The molecule has 2 aromatic rings.